The van der Waals surface area contributed by atoms with Crippen LogP contribution in [0.3, 0.4) is 0 Å². The van der Waals surface area contributed by atoms with Crippen LogP contribution in [0, 0.1) is 0 Å². The first kappa shape index (κ1) is 13.0. The number of alkyl halides is 3. The van der Waals surface area contributed by atoms with E-state index in [1.807, 2.05) is 0 Å². The second kappa shape index (κ2) is 4.68. The summed E-state index contributed by atoms with van der Waals surface area (Å²) in [4.78, 5) is 4.07. The zero-order chi connectivity index (χ0) is 13.3. The van der Waals surface area contributed by atoms with Gasteiger partial charge in [-0.3, -0.25) is 0 Å². The second-order valence-corrected chi connectivity index (χ2v) is 4.44. The molecule has 4 nitrogen and oxygen atoms in total. The fraction of sp³-hybridized carbons (Fsp3) is 0.300. The van der Waals surface area contributed by atoms with Crippen molar-refractivity contribution in [2.75, 3.05) is 0 Å². The Bertz CT molecular complexity index is 552. The number of nitrogens with zero attached hydrogens (tertiary/aromatic N) is 4. The topological polar surface area (TPSA) is 43.6 Å². The Kier molecular flexibility index (Phi) is 3.38. The highest BCUT2D eigenvalue weighted by Crippen LogP contribution is 2.32. The molecule has 2 heterocycles. The van der Waals surface area contributed by atoms with E-state index in [2.05, 4.69) is 31.1 Å². The molecular formula is C10H8BrF3N4. The lowest BCUT2D eigenvalue weighted by Crippen LogP contribution is -2.24. The van der Waals surface area contributed by atoms with E-state index in [1.165, 1.54) is 0 Å². The summed E-state index contributed by atoms with van der Waals surface area (Å²) in [5.41, 5.74) is 0.331. The van der Waals surface area contributed by atoms with Crippen LogP contribution in [-0.4, -0.2) is 25.9 Å². The first-order chi connectivity index (χ1) is 8.39. The van der Waals surface area contributed by atoms with Gasteiger partial charge in [0.05, 0.1) is 0 Å². The molecule has 0 bridgehead atoms. The summed E-state index contributed by atoms with van der Waals surface area (Å²) in [6, 6.07) is 3.22. The Morgan fingerprint density at radius 3 is 2.67 bits per heavy atom. The van der Waals surface area contributed by atoms with Crippen molar-refractivity contribution >= 4 is 15.9 Å². The van der Waals surface area contributed by atoms with Crippen molar-refractivity contribution in [3.8, 4) is 11.5 Å². The van der Waals surface area contributed by atoms with Gasteiger partial charge >= 0.3 is 6.18 Å². The van der Waals surface area contributed by atoms with Gasteiger partial charge in [-0.15, -0.1) is 10.2 Å². The van der Waals surface area contributed by atoms with Crippen molar-refractivity contribution in [1.29, 1.82) is 0 Å². The van der Waals surface area contributed by atoms with Gasteiger partial charge in [0.1, 0.15) is 22.7 Å². The highest BCUT2D eigenvalue weighted by atomic mass is 79.9. The van der Waals surface area contributed by atoms with Crippen molar-refractivity contribution in [2.45, 2.75) is 19.1 Å². The molecular weight excluding hydrogens is 313 g/mol. The Morgan fingerprint density at radius 2 is 2.06 bits per heavy atom. The molecule has 0 N–H and O–H groups in total. The fourth-order valence-electron chi connectivity index (χ4n) is 1.40. The molecule has 0 aromatic carbocycles. The van der Waals surface area contributed by atoms with Gasteiger partial charge in [0.25, 0.3) is 0 Å². The van der Waals surface area contributed by atoms with Crippen molar-refractivity contribution in [2.24, 2.45) is 0 Å². The standard InChI is InChI=1S/C10H8BrF3N4/c1-6(10(12,13)14)18-5-15-17-9(18)7-3-2-4-8(11)16-7/h2-6H,1H3. The molecule has 18 heavy (non-hydrogen) atoms. The van der Waals surface area contributed by atoms with Crippen LogP contribution in [0.25, 0.3) is 11.5 Å². The van der Waals surface area contributed by atoms with E-state index in [0.717, 1.165) is 17.8 Å². The van der Waals surface area contributed by atoms with Crippen LogP contribution in [0.15, 0.2) is 29.1 Å². The molecule has 8 heteroatoms. The lowest BCUT2D eigenvalue weighted by Gasteiger charge is -2.18. The molecule has 0 aliphatic carbocycles. The zero-order valence-corrected chi connectivity index (χ0v) is 10.8. The molecule has 0 fully saturated rings. The summed E-state index contributed by atoms with van der Waals surface area (Å²) in [6.07, 6.45) is -3.31. The van der Waals surface area contributed by atoms with Crippen LogP contribution >= 0.6 is 15.9 Å². The second-order valence-electron chi connectivity index (χ2n) is 3.62. The molecule has 0 saturated carbocycles. The Morgan fingerprint density at radius 1 is 1.33 bits per heavy atom. The largest absolute Gasteiger partial charge is 0.408 e. The molecule has 0 amide bonds. The molecule has 0 aliphatic rings. The third-order valence-corrected chi connectivity index (χ3v) is 2.85. The summed E-state index contributed by atoms with van der Waals surface area (Å²) in [7, 11) is 0. The van der Waals surface area contributed by atoms with E-state index < -0.39 is 12.2 Å². The monoisotopic (exact) mass is 320 g/mol. The number of hydrogen-bond donors (Lipinski definition) is 0. The van der Waals surface area contributed by atoms with E-state index in [-0.39, 0.29) is 5.82 Å². The van der Waals surface area contributed by atoms with Gasteiger partial charge in [-0.2, -0.15) is 13.2 Å². The zero-order valence-electron chi connectivity index (χ0n) is 9.19. The van der Waals surface area contributed by atoms with Crippen LogP contribution < -0.4 is 0 Å². The van der Waals surface area contributed by atoms with Gasteiger partial charge in [0.2, 0.25) is 0 Å². The summed E-state index contributed by atoms with van der Waals surface area (Å²) in [5.74, 6) is 0.0844. The Labute approximate surface area is 109 Å². The molecule has 96 valence electrons. The van der Waals surface area contributed by atoms with Crippen molar-refractivity contribution < 1.29 is 13.2 Å². The minimum atomic E-state index is -4.36. The predicted molar refractivity (Wildman–Crippen MR) is 61.7 cm³/mol. The Hall–Kier alpha value is -1.44. The summed E-state index contributed by atoms with van der Waals surface area (Å²) < 4.78 is 39.5. The SMILES string of the molecule is CC(n1cnnc1-c1cccc(Br)n1)C(F)(F)F. The van der Waals surface area contributed by atoms with Gasteiger partial charge in [-0.05, 0) is 35.0 Å². The number of hydrogen-bond acceptors (Lipinski definition) is 3. The van der Waals surface area contributed by atoms with Gasteiger partial charge in [0.15, 0.2) is 5.82 Å². The summed E-state index contributed by atoms with van der Waals surface area (Å²) in [6.45, 7) is 1.05. The molecule has 0 spiro atoms. The summed E-state index contributed by atoms with van der Waals surface area (Å²) in [5, 5.41) is 7.21. The molecule has 1 unspecified atom stereocenters. The molecule has 0 radical (unpaired) electrons. The molecule has 1 atom stereocenters. The number of halogens is 4. The quantitative estimate of drug-likeness (QED) is 0.798. The van der Waals surface area contributed by atoms with Gasteiger partial charge in [-0.25, -0.2) is 4.98 Å². The van der Waals surface area contributed by atoms with E-state index in [1.54, 1.807) is 18.2 Å². The minimum Gasteiger partial charge on any atom is -0.300 e. The molecule has 2 aromatic rings. The van der Waals surface area contributed by atoms with Crippen LogP contribution in [0.2, 0.25) is 0 Å². The molecule has 0 saturated heterocycles. The highest BCUT2D eigenvalue weighted by molar-refractivity contribution is 9.10. The smallest absolute Gasteiger partial charge is 0.300 e. The maximum atomic E-state index is 12.7. The number of pyridine rings is 1. The first-order valence-corrected chi connectivity index (χ1v) is 5.78. The average molecular weight is 321 g/mol. The number of aromatic nitrogens is 4. The summed E-state index contributed by atoms with van der Waals surface area (Å²) >= 11 is 3.16. The predicted octanol–water partition coefficient (Wildman–Crippen LogP) is 3.23. The maximum absolute atomic E-state index is 12.7. The first-order valence-electron chi connectivity index (χ1n) is 4.98. The van der Waals surface area contributed by atoms with Crippen molar-refractivity contribution in [3.63, 3.8) is 0 Å². The molecule has 0 aliphatic heterocycles. The lowest BCUT2D eigenvalue weighted by atomic mass is 10.3. The lowest BCUT2D eigenvalue weighted by molar-refractivity contribution is -0.162. The van der Waals surface area contributed by atoms with Crippen LogP contribution in [-0.2, 0) is 0 Å². The van der Waals surface area contributed by atoms with Crippen molar-refractivity contribution in [3.05, 3.63) is 29.1 Å². The van der Waals surface area contributed by atoms with E-state index >= 15 is 0 Å². The van der Waals surface area contributed by atoms with Gasteiger partial charge < -0.3 is 4.57 Å². The third kappa shape index (κ3) is 2.53. The highest BCUT2D eigenvalue weighted by Gasteiger charge is 2.38. The van der Waals surface area contributed by atoms with Crippen LogP contribution in [0.1, 0.15) is 13.0 Å². The van der Waals surface area contributed by atoms with E-state index in [4.69, 9.17) is 0 Å². The van der Waals surface area contributed by atoms with Gasteiger partial charge in [0, 0.05) is 0 Å². The average Bonchev–Trinajstić information content (AvgIpc) is 2.75. The fourth-order valence-corrected chi connectivity index (χ4v) is 1.74. The third-order valence-electron chi connectivity index (χ3n) is 2.41. The molecule has 2 rings (SSSR count). The minimum absolute atomic E-state index is 0.0844. The maximum Gasteiger partial charge on any atom is 0.408 e. The van der Waals surface area contributed by atoms with Crippen molar-refractivity contribution in [1.82, 2.24) is 19.7 Å². The Balaban J connectivity index is 2.45. The normalized spacial score (nSPS) is 13.6. The van der Waals surface area contributed by atoms with Crippen LogP contribution in [0.4, 0.5) is 13.2 Å². The molecule has 2 aromatic heterocycles. The van der Waals surface area contributed by atoms with Gasteiger partial charge in [-0.1, -0.05) is 6.07 Å². The van der Waals surface area contributed by atoms with E-state index in [0.29, 0.717) is 10.3 Å². The van der Waals surface area contributed by atoms with Crippen LogP contribution in [0.5, 0.6) is 0 Å². The number of rotatable bonds is 2. The van der Waals surface area contributed by atoms with E-state index in [9.17, 15) is 13.2 Å².